The molecule has 1 atom stereocenters. The quantitative estimate of drug-likeness (QED) is 0.862. The molecule has 0 aliphatic rings. The zero-order valence-corrected chi connectivity index (χ0v) is 11.2. The third-order valence-corrected chi connectivity index (χ3v) is 2.79. The van der Waals surface area contributed by atoms with Gasteiger partial charge in [-0.1, -0.05) is 12.1 Å². The minimum atomic E-state index is -0.407. The van der Waals surface area contributed by atoms with Crippen LogP contribution in [0.15, 0.2) is 24.3 Å². The van der Waals surface area contributed by atoms with Gasteiger partial charge in [-0.2, -0.15) is 4.98 Å². The van der Waals surface area contributed by atoms with Crippen LogP contribution in [0.4, 0.5) is 11.8 Å². The van der Waals surface area contributed by atoms with Gasteiger partial charge in [0.15, 0.2) is 0 Å². The van der Waals surface area contributed by atoms with Crippen LogP contribution >= 0.6 is 0 Å². The number of carbonyl (C=O) groups is 1. The largest absolute Gasteiger partial charge is 0.383 e. The smallest absolute Gasteiger partial charge is 0.244 e. The molecule has 0 spiro atoms. The summed E-state index contributed by atoms with van der Waals surface area (Å²) < 4.78 is 0. The molecule has 0 bridgehead atoms. The van der Waals surface area contributed by atoms with Crippen molar-refractivity contribution in [3.8, 4) is 0 Å². The van der Waals surface area contributed by atoms with Gasteiger partial charge in [0.1, 0.15) is 11.9 Å². The Morgan fingerprint density at radius 1 is 1.32 bits per heavy atom. The van der Waals surface area contributed by atoms with Crippen LogP contribution in [0.3, 0.4) is 0 Å². The van der Waals surface area contributed by atoms with E-state index in [0.717, 1.165) is 10.9 Å². The van der Waals surface area contributed by atoms with E-state index in [1.165, 1.54) is 4.90 Å². The first kappa shape index (κ1) is 13.1. The summed E-state index contributed by atoms with van der Waals surface area (Å²) in [6, 6.07) is 7.08. The summed E-state index contributed by atoms with van der Waals surface area (Å²) >= 11 is 0. The maximum Gasteiger partial charge on any atom is 0.244 e. The standard InChI is InChI=1S/C13H17N5O/c1-8(12(19)18(2)3)15-13-16-10-7-5-4-6-9(10)11(14)17-13/h4-8H,1-3H3,(H3,14,15,16,17)/t8-/m0/s1. The number of nitrogens with one attached hydrogen (secondary N) is 1. The molecule has 6 nitrogen and oxygen atoms in total. The zero-order valence-electron chi connectivity index (χ0n) is 11.2. The molecule has 1 aromatic carbocycles. The predicted molar refractivity (Wildman–Crippen MR) is 75.7 cm³/mol. The molecule has 2 rings (SSSR count). The highest BCUT2D eigenvalue weighted by Gasteiger charge is 2.16. The first-order valence-corrected chi connectivity index (χ1v) is 5.99. The molecular formula is C13H17N5O. The van der Waals surface area contributed by atoms with Gasteiger partial charge in [-0.25, -0.2) is 4.98 Å². The molecule has 100 valence electrons. The maximum absolute atomic E-state index is 11.8. The monoisotopic (exact) mass is 259 g/mol. The highest BCUT2D eigenvalue weighted by molar-refractivity contribution is 5.89. The minimum absolute atomic E-state index is 0.0460. The predicted octanol–water partition coefficient (Wildman–Crippen LogP) is 1.10. The Kier molecular flexibility index (Phi) is 3.50. The summed E-state index contributed by atoms with van der Waals surface area (Å²) in [7, 11) is 3.41. The lowest BCUT2D eigenvalue weighted by molar-refractivity contribution is -0.129. The molecule has 0 saturated carbocycles. The van der Waals surface area contributed by atoms with Crippen molar-refractivity contribution in [1.29, 1.82) is 0 Å². The van der Waals surface area contributed by atoms with Crippen LogP contribution in [0.25, 0.3) is 10.9 Å². The first-order chi connectivity index (χ1) is 8.99. The lowest BCUT2D eigenvalue weighted by Crippen LogP contribution is -2.37. The number of fused-ring (bicyclic) bond motifs is 1. The molecule has 3 N–H and O–H groups in total. The summed E-state index contributed by atoms with van der Waals surface area (Å²) in [6.45, 7) is 1.76. The molecule has 19 heavy (non-hydrogen) atoms. The van der Waals surface area contributed by atoms with Gasteiger partial charge >= 0.3 is 0 Å². The number of nitrogen functional groups attached to an aromatic ring is 1. The number of rotatable bonds is 3. The molecule has 6 heteroatoms. The van der Waals surface area contributed by atoms with Gasteiger partial charge in [-0.05, 0) is 19.1 Å². The number of nitrogens with two attached hydrogens (primary N) is 1. The lowest BCUT2D eigenvalue weighted by atomic mass is 10.2. The van der Waals surface area contributed by atoms with Crippen molar-refractivity contribution in [1.82, 2.24) is 14.9 Å². The second kappa shape index (κ2) is 5.09. The van der Waals surface area contributed by atoms with Crippen molar-refractivity contribution in [3.63, 3.8) is 0 Å². The number of aromatic nitrogens is 2. The van der Waals surface area contributed by atoms with Crippen LogP contribution in [0, 0.1) is 0 Å². The third kappa shape index (κ3) is 2.73. The van der Waals surface area contributed by atoms with Crippen LogP contribution in [0.5, 0.6) is 0 Å². The SMILES string of the molecule is C[C@H](Nc1nc(N)c2ccccc2n1)C(=O)N(C)C. The molecule has 0 unspecified atom stereocenters. The van der Waals surface area contributed by atoms with E-state index in [-0.39, 0.29) is 5.91 Å². The number of benzene rings is 1. The fraction of sp³-hybridized carbons (Fsp3) is 0.308. The fourth-order valence-electron chi connectivity index (χ4n) is 1.81. The molecule has 0 radical (unpaired) electrons. The van der Waals surface area contributed by atoms with E-state index in [1.807, 2.05) is 24.3 Å². The van der Waals surface area contributed by atoms with Crippen LogP contribution in [0.2, 0.25) is 0 Å². The van der Waals surface area contributed by atoms with Gasteiger partial charge in [-0.3, -0.25) is 4.79 Å². The van der Waals surface area contributed by atoms with Crippen LogP contribution in [-0.2, 0) is 4.79 Å². The maximum atomic E-state index is 11.8. The Morgan fingerprint density at radius 3 is 2.68 bits per heavy atom. The van der Waals surface area contributed by atoms with E-state index in [2.05, 4.69) is 15.3 Å². The first-order valence-electron chi connectivity index (χ1n) is 5.99. The average Bonchev–Trinajstić information content (AvgIpc) is 2.37. The van der Waals surface area contributed by atoms with Gasteiger partial charge in [0.25, 0.3) is 0 Å². The summed E-state index contributed by atoms with van der Waals surface area (Å²) in [5.74, 6) is 0.715. The van der Waals surface area contributed by atoms with E-state index in [4.69, 9.17) is 5.73 Å². The molecule has 1 heterocycles. The topological polar surface area (TPSA) is 84.1 Å². The Hall–Kier alpha value is -2.37. The molecular weight excluding hydrogens is 242 g/mol. The summed E-state index contributed by atoms with van der Waals surface area (Å²) in [5, 5.41) is 3.77. The highest BCUT2D eigenvalue weighted by Crippen LogP contribution is 2.19. The minimum Gasteiger partial charge on any atom is -0.383 e. The van der Waals surface area contributed by atoms with Gasteiger partial charge in [0, 0.05) is 19.5 Å². The number of nitrogens with zero attached hydrogens (tertiary/aromatic N) is 3. The molecule has 1 amide bonds. The van der Waals surface area contributed by atoms with Crippen molar-refractivity contribution in [2.24, 2.45) is 0 Å². The van der Waals surface area contributed by atoms with E-state index < -0.39 is 6.04 Å². The second-order valence-electron chi connectivity index (χ2n) is 4.55. The Morgan fingerprint density at radius 2 is 2.00 bits per heavy atom. The highest BCUT2D eigenvalue weighted by atomic mass is 16.2. The van der Waals surface area contributed by atoms with Crippen LogP contribution < -0.4 is 11.1 Å². The van der Waals surface area contributed by atoms with Gasteiger partial charge < -0.3 is 16.0 Å². The number of carbonyl (C=O) groups excluding carboxylic acids is 1. The van der Waals surface area contributed by atoms with Gasteiger partial charge in [0.2, 0.25) is 11.9 Å². The fourth-order valence-corrected chi connectivity index (χ4v) is 1.81. The van der Waals surface area contributed by atoms with E-state index in [9.17, 15) is 4.79 Å². The van der Waals surface area contributed by atoms with E-state index >= 15 is 0 Å². The number of para-hydroxylation sites is 1. The molecule has 0 fully saturated rings. The van der Waals surface area contributed by atoms with Crippen molar-refractivity contribution in [2.75, 3.05) is 25.1 Å². The number of amides is 1. The Labute approximate surface area is 111 Å². The normalized spacial score (nSPS) is 12.2. The number of likely N-dealkylation sites (N-methyl/N-ethyl adjacent to an activating group) is 1. The molecule has 2 aromatic rings. The van der Waals surface area contributed by atoms with Crippen molar-refractivity contribution in [2.45, 2.75) is 13.0 Å². The van der Waals surface area contributed by atoms with E-state index in [1.54, 1.807) is 21.0 Å². The van der Waals surface area contributed by atoms with Crippen molar-refractivity contribution >= 4 is 28.6 Å². The lowest BCUT2D eigenvalue weighted by Gasteiger charge is -2.18. The molecule has 1 aromatic heterocycles. The zero-order chi connectivity index (χ0) is 14.0. The van der Waals surface area contributed by atoms with Gasteiger partial charge in [0.05, 0.1) is 5.52 Å². The second-order valence-corrected chi connectivity index (χ2v) is 4.55. The number of hydrogen-bond acceptors (Lipinski definition) is 5. The average molecular weight is 259 g/mol. The molecule has 0 aliphatic heterocycles. The third-order valence-electron chi connectivity index (χ3n) is 2.79. The van der Waals surface area contributed by atoms with Gasteiger partial charge in [-0.15, -0.1) is 0 Å². The summed E-state index contributed by atoms with van der Waals surface area (Å²) in [4.78, 5) is 21.8. The van der Waals surface area contributed by atoms with Crippen molar-refractivity contribution < 1.29 is 4.79 Å². The molecule has 0 saturated heterocycles. The Balaban J connectivity index is 2.29. The Bertz CT molecular complexity index is 611. The summed E-state index contributed by atoms with van der Waals surface area (Å²) in [5.41, 5.74) is 6.63. The van der Waals surface area contributed by atoms with Crippen molar-refractivity contribution in [3.05, 3.63) is 24.3 Å². The summed E-state index contributed by atoms with van der Waals surface area (Å²) in [6.07, 6.45) is 0. The number of hydrogen-bond donors (Lipinski definition) is 2. The molecule has 0 aliphatic carbocycles. The van der Waals surface area contributed by atoms with Crippen LogP contribution in [0.1, 0.15) is 6.92 Å². The number of anilines is 2. The van der Waals surface area contributed by atoms with Crippen LogP contribution in [-0.4, -0.2) is 40.9 Å². The van der Waals surface area contributed by atoms with E-state index in [0.29, 0.717) is 11.8 Å².